The van der Waals surface area contributed by atoms with Gasteiger partial charge in [-0.15, -0.1) is 0 Å². The van der Waals surface area contributed by atoms with Gasteiger partial charge in [-0.3, -0.25) is 9.69 Å². The molecule has 2 atom stereocenters. The summed E-state index contributed by atoms with van der Waals surface area (Å²) < 4.78 is 49.0. The van der Waals surface area contributed by atoms with Crippen molar-refractivity contribution in [1.29, 1.82) is 0 Å². The van der Waals surface area contributed by atoms with Crippen LogP contribution in [0.15, 0.2) is 47.4 Å². The van der Waals surface area contributed by atoms with Crippen molar-refractivity contribution in [3.05, 3.63) is 58.9 Å². The molecule has 1 amide bonds. The summed E-state index contributed by atoms with van der Waals surface area (Å²) in [5.74, 6) is -0.446. The molecule has 33 heavy (non-hydrogen) atoms. The van der Waals surface area contributed by atoms with Crippen LogP contribution in [0.2, 0.25) is 5.02 Å². The number of halogens is 2. The summed E-state index contributed by atoms with van der Waals surface area (Å²) in [5, 5.41) is 0.248. The number of carbonyl (C=O) groups is 1. The maximum Gasteiger partial charge on any atom is 0.240 e. The third kappa shape index (κ3) is 5.38. The van der Waals surface area contributed by atoms with Crippen LogP contribution in [-0.4, -0.2) is 58.1 Å². The van der Waals surface area contributed by atoms with Crippen molar-refractivity contribution in [2.75, 3.05) is 37.7 Å². The molecule has 7 nitrogen and oxygen atoms in total. The predicted octanol–water partition coefficient (Wildman–Crippen LogP) is 3.35. The minimum absolute atomic E-state index is 0.0353. The number of benzene rings is 2. The van der Waals surface area contributed by atoms with Crippen LogP contribution >= 0.6 is 11.6 Å². The Morgan fingerprint density at radius 1 is 1.21 bits per heavy atom. The molecule has 0 saturated carbocycles. The van der Waals surface area contributed by atoms with Crippen molar-refractivity contribution in [3.63, 3.8) is 0 Å². The normalized spacial score (nSPS) is 20.9. The first-order valence-corrected chi connectivity index (χ1v) is 12.8. The van der Waals surface area contributed by atoms with E-state index >= 15 is 0 Å². The highest BCUT2D eigenvalue weighted by Gasteiger charge is 2.31. The Bertz CT molecular complexity index is 1090. The smallest absolute Gasteiger partial charge is 0.240 e. The van der Waals surface area contributed by atoms with Gasteiger partial charge in [0.2, 0.25) is 15.9 Å². The maximum absolute atomic E-state index is 14.8. The molecular weight excluding hydrogens is 469 g/mol. The van der Waals surface area contributed by atoms with E-state index in [-0.39, 0.29) is 34.0 Å². The van der Waals surface area contributed by atoms with Gasteiger partial charge in [0.15, 0.2) is 0 Å². The SMILES string of the molecule is C[C@@H]1CN([C@H](CNS(=O)(=O)c2ccc(N3CCCC3=O)cc2)c2c(F)cccc2Cl)CCO1. The molecule has 1 N–H and O–H groups in total. The molecule has 2 fully saturated rings. The van der Waals surface area contributed by atoms with Crippen LogP contribution in [0.3, 0.4) is 0 Å². The van der Waals surface area contributed by atoms with Gasteiger partial charge in [0, 0.05) is 48.9 Å². The maximum atomic E-state index is 14.8. The zero-order valence-corrected chi connectivity index (χ0v) is 19.9. The number of morpholine rings is 1. The average Bonchev–Trinajstić information content (AvgIpc) is 3.21. The van der Waals surface area contributed by atoms with Gasteiger partial charge in [-0.1, -0.05) is 17.7 Å². The van der Waals surface area contributed by atoms with E-state index in [9.17, 15) is 17.6 Å². The molecule has 2 aromatic rings. The van der Waals surface area contributed by atoms with E-state index in [0.717, 1.165) is 6.42 Å². The Morgan fingerprint density at radius 2 is 1.97 bits per heavy atom. The first-order valence-electron chi connectivity index (χ1n) is 11.0. The minimum atomic E-state index is -3.87. The van der Waals surface area contributed by atoms with Crippen LogP contribution in [0.1, 0.15) is 31.4 Å². The number of rotatable bonds is 7. The molecule has 10 heteroatoms. The van der Waals surface area contributed by atoms with Crippen LogP contribution in [0.25, 0.3) is 0 Å². The fourth-order valence-electron chi connectivity index (χ4n) is 4.37. The summed E-state index contributed by atoms with van der Waals surface area (Å²) in [4.78, 5) is 15.7. The number of anilines is 1. The topological polar surface area (TPSA) is 79.0 Å². The zero-order valence-electron chi connectivity index (χ0n) is 18.3. The molecule has 2 aliphatic rings. The Morgan fingerprint density at radius 3 is 2.61 bits per heavy atom. The summed E-state index contributed by atoms with van der Waals surface area (Å²) in [5.41, 5.74) is 0.939. The quantitative estimate of drug-likeness (QED) is 0.637. The van der Waals surface area contributed by atoms with Crippen LogP contribution in [0.4, 0.5) is 10.1 Å². The molecule has 2 aromatic carbocycles. The number of nitrogens with one attached hydrogen (secondary N) is 1. The fourth-order valence-corrected chi connectivity index (χ4v) is 5.70. The molecule has 0 aromatic heterocycles. The van der Waals surface area contributed by atoms with Crippen LogP contribution in [-0.2, 0) is 19.6 Å². The summed E-state index contributed by atoms with van der Waals surface area (Å²) in [6, 6.07) is 10.1. The van der Waals surface area contributed by atoms with Crippen molar-refractivity contribution in [3.8, 4) is 0 Å². The summed E-state index contributed by atoms with van der Waals surface area (Å²) >= 11 is 6.33. The van der Waals surface area contributed by atoms with E-state index in [4.69, 9.17) is 16.3 Å². The summed E-state index contributed by atoms with van der Waals surface area (Å²) in [6.07, 6.45) is 1.23. The van der Waals surface area contributed by atoms with E-state index in [1.54, 1.807) is 23.1 Å². The average molecular weight is 496 g/mol. The molecule has 0 spiro atoms. The second-order valence-electron chi connectivity index (χ2n) is 8.32. The van der Waals surface area contributed by atoms with Gasteiger partial charge in [0.25, 0.3) is 0 Å². The van der Waals surface area contributed by atoms with Crippen LogP contribution in [0.5, 0.6) is 0 Å². The first kappa shape index (κ1) is 24.1. The van der Waals surface area contributed by atoms with Crippen molar-refractivity contribution in [2.45, 2.75) is 36.8 Å². The molecule has 2 saturated heterocycles. The van der Waals surface area contributed by atoms with Gasteiger partial charge >= 0.3 is 0 Å². The van der Waals surface area contributed by atoms with E-state index in [2.05, 4.69) is 4.72 Å². The van der Waals surface area contributed by atoms with Gasteiger partial charge in [0.1, 0.15) is 5.82 Å². The van der Waals surface area contributed by atoms with Crippen LogP contribution in [0, 0.1) is 5.82 Å². The molecule has 2 aliphatic heterocycles. The third-order valence-corrected chi connectivity index (χ3v) is 7.81. The highest BCUT2D eigenvalue weighted by atomic mass is 35.5. The number of sulfonamides is 1. The lowest BCUT2D eigenvalue weighted by Crippen LogP contribution is -2.46. The molecule has 4 rings (SSSR count). The lowest BCUT2D eigenvalue weighted by Gasteiger charge is -2.38. The molecule has 0 bridgehead atoms. The lowest BCUT2D eigenvalue weighted by atomic mass is 10.0. The first-order chi connectivity index (χ1) is 15.8. The molecule has 2 heterocycles. The Balaban J connectivity index is 1.54. The number of hydrogen-bond acceptors (Lipinski definition) is 5. The fraction of sp³-hybridized carbons (Fsp3) is 0.435. The third-order valence-electron chi connectivity index (χ3n) is 6.05. The van der Waals surface area contributed by atoms with E-state index in [1.165, 1.54) is 24.3 Å². The highest BCUT2D eigenvalue weighted by molar-refractivity contribution is 7.89. The number of ether oxygens (including phenoxy) is 1. The largest absolute Gasteiger partial charge is 0.376 e. The number of amides is 1. The Kier molecular flexibility index (Phi) is 7.35. The molecule has 178 valence electrons. The zero-order chi connectivity index (χ0) is 23.6. The van der Waals surface area contributed by atoms with Gasteiger partial charge in [-0.2, -0.15) is 0 Å². The van der Waals surface area contributed by atoms with Crippen molar-refractivity contribution in [2.24, 2.45) is 0 Å². The number of nitrogens with zero attached hydrogens (tertiary/aromatic N) is 2. The van der Waals surface area contributed by atoms with E-state index < -0.39 is 21.9 Å². The van der Waals surface area contributed by atoms with Gasteiger partial charge in [0.05, 0.1) is 23.6 Å². The molecule has 0 unspecified atom stereocenters. The van der Waals surface area contributed by atoms with E-state index in [1.807, 2.05) is 11.8 Å². The van der Waals surface area contributed by atoms with Gasteiger partial charge in [-0.25, -0.2) is 17.5 Å². The standard InChI is InChI=1S/C23H27ClFN3O4S/c1-16-15-27(12-13-32-16)21(23-19(24)4-2-5-20(23)25)14-26-33(30,31)18-9-7-17(8-10-18)28-11-3-6-22(28)29/h2,4-5,7-10,16,21,26H,3,6,11-15H2,1H3/t16-,21-/m1/s1. The van der Waals surface area contributed by atoms with E-state index in [0.29, 0.717) is 38.3 Å². The van der Waals surface area contributed by atoms with Crippen LogP contribution < -0.4 is 9.62 Å². The van der Waals surface area contributed by atoms with Crippen molar-refractivity contribution >= 4 is 33.2 Å². The molecule has 0 radical (unpaired) electrons. The second-order valence-corrected chi connectivity index (χ2v) is 10.5. The lowest BCUT2D eigenvalue weighted by molar-refractivity contribution is -0.117. The molecule has 0 aliphatic carbocycles. The molecular formula is C23H27ClFN3O4S. The highest BCUT2D eigenvalue weighted by Crippen LogP contribution is 2.31. The number of carbonyl (C=O) groups excluding carboxylic acids is 1. The summed E-state index contributed by atoms with van der Waals surface area (Å²) in [7, 11) is -3.87. The number of hydrogen-bond donors (Lipinski definition) is 1. The van der Waals surface area contributed by atoms with Crippen molar-refractivity contribution in [1.82, 2.24) is 9.62 Å². The van der Waals surface area contributed by atoms with Crippen molar-refractivity contribution < 1.29 is 22.3 Å². The minimum Gasteiger partial charge on any atom is -0.376 e. The van der Waals surface area contributed by atoms with Gasteiger partial charge < -0.3 is 9.64 Å². The predicted molar refractivity (Wildman–Crippen MR) is 124 cm³/mol. The Hall–Kier alpha value is -2.04. The summed E-state index contributed by atoms with van der Waals surface area (Å²) in [6.45, 7) is 4.01. The monoisotopic (exact) mass is 495 g/mol. The Labute approximate surface area is 198 Å². The second kappa shape index (κ2) is 10.1. The van der Waals surface area contributed by atoms with Gasteiger partial charge in [-0.05, 0) is 49.7 Å².